The number of para-hydroxylation sites is 1. The zero-order valence-corrected chi connectivity index (χ0v) is 22.4. The zero-order chi connectivity index (χ0) is 26.7. The molecule has 200 valence electrons. The zero-order valence-electron chi connectivity index (χ0n) is 21.6. The Morgan fingerprint density at radius 3 is 2.58 bits per heavy atom. The van der Waals surface area contributed by atoms with Gasteiger partial charge in [0.2, 0.25) is 10.0 Å². The first-order chi connectivity index (χ1) is 18.3. The molecule has 1 aliphatic rings. The molecule has 3 heterocycles. The van der Waals surface area contributed by atoms with Gasteiger partial charge in [-0.05, 0) is 63.5 Å². The molecule has 0 atom stereocenters. The summed E-state index contributed by atoms with van der Waals surface area (Å²) >= 11 is 0. The molecule has 1 N–H and O–H groups in total. The minimum absolute atomic E-state index is 0.190. The standard InChI is InChI=1S/C27H32N6O4S/c1-31(2)13-5-12-28-27-22-6-3-4-7-23(22)29-25(30-27)19-32-14-16-33(17-15-32)38(35,36)21-9-10-24-20(18-21)8-11-26(34)37-24/h3-4,6-11,18H,5,12-17,19H2,1-2H3,(H,28,29,30). The van der Waals surface area contributed by atoms with Crippen molar-refractivity contribution < 1.29 is 12.8 Å². The smallest absolute Gasteiger partial charge is 0.336 e. The topological polar surface area (TPSA) is 112 Å². The van der Waals surface area contributed by atoms with Crippen molar-refractivity contribution >= 4 is 37.7 Å². The lowest BCUT2D eigenvalue weighted by Gasteiger charge is -2.33. The molecule has 0 bridgehead atoms. The highest BCUT2D eigenvalue weighted by Crippen LogP contribution is 2.24. The highest BCUT2D eigenvalue weighted by Gasteiger charge is 2.29. The van der Waals surface area contributed by atoms with Crippen LogP contribution in [0.2, 0.25) is 0 Å². The van der Waals surface area contributed by atoms with Crippen LogP contribution in [0.5, 0.6) is 0 Å². The van der Waals surface area contributed by atoms with Gasteiger partial charge >= 0.3 is 5.63 Å². The first kappa shape index (κ1) is 26.2. The molecule has 10 nitrogen and oxygen atoms in total. The van der Waals surface area contributed by atoms with Gasteiger partial charge in [-0.25, -0.2) is 23.2 Å². The third-order valence-electron chi connectivity index (χ3n) is 6.65. The van der Waals surface area contributed by atoms with Gasteiger partial charge in [-0.3, -0.25) is 4.90 Å². The molecular weight excluding hydrogens is 504 g/mol. The summed E-state index contributed by atoms with van der Waals surface area (Å²) in [6, 6.07) is 15.4. The second-order valence-electron chi connectivity index (χ2n) is 9.72. The Bertz CT molecular complexity index is 1600. The molecule has 2 aromatic carbocycles. The monoisotopic (exact) mass is 536 g/mol. The number of hydrogen-bond acceptors (Lipinski definition) is 9. The summed E-state index contributed by atoms with van der Waals surface area (Å²) < 4.78 is 33.2. The fourth-order valence-electron chi connectivity index (χ4n) is 4.62. The molecular formula is C27H32N6O4S. The minimum Gasteiger partial charge on any atom is -0.423 e. The van der Waals surface area contributed by atoms with Crippen LogP contribution in [0.1, 0.15) is 12.2 Å². The second kappa shape index (κ2) is 11.2. The number of aromatic nitrogens is 2. The Balaban J connectivity index is 1.26. The average molecular weight is 537 g/mol. The molecule has 0 radical (unpaired) electrons. The van der Waals surface area contributed by atoms with E-state index in [-0.39, 0.29) is 4.90 Å². The van der Waals surface area contributed by atoms with Crippen LogP contribution in [0.25, 0.3) is 21.9 Å². The van der Waals surface area contributed by atoms with Gasteiger partial charge in [0.1, 0.15) is 17.2 Å². The van der Waals surface area contributed by atoms with Crippen LogP contribution in [-0.4, -0.2) is 85.9 Å². The van der Waals surface area contributed by atoms with Crippen LogP contribution >= 0.6 is 0 Å². The van der Waals surface area contributed by atoms with E-state index in [1.54, 1.807) is 12.1 Å². The fourth-order valence-corrected chi connectivity index (χ4v) is 6.08. The minimum atomic E-state index is -3.67. The number of nitrogens with zero attached hydrogens (tertiary/aromatic N) is 5. The molecule has 0 saturated carbocycles. The van der Waals surface area contributed by atoms with E-state index in [1.807, 2.05) is 24.3 Å². The predicted octanol–water partition coefficient (Wildman–Crippen LogP) is 2.61. The van der Waals surface area contributed by atoms with Gasteiger partial charge < -0.3 is 14.6 Å². The molecule has 1 aliphatic heterocycles. The van der Waals surface area contributed by atoms with E-state index in [9.17, 15) is 13.2 Å². The largest absolute Gasteiger partial charge is 0.423 e. The molecule has 4 aromatic rings. The molecule has 1 fully saturated rings. The summed E-state index contributed by atoms with van der Waals surface area (Å²) in [6.45, 7) is 4.23. The lowest BCUT2D eigenvalue weighted by Crippen LogP contribution is -2.48. The Hall–Kier alpha value is -3.38. The van der Waals surface area contributed by atoms with E-state index in [1.165, 1.54) is 22.5 Å². The number of rotatable bonds is 9. The van der Waals surface area contributed by atoms with Crippen molar-refractivity contribution in [1.82, 2.24) is 24.1 Å². The van der Waals surface area contributed by atoms with Crippen molar-refractivity contribution in [3.63, 3.8) is 0 Å². The summed E-state index contributed by atoms with van der Waals surface area (Å²) in [5, 5.41) is 5.04. The number of anilines is 1. The maximum atomic E-state index is 13.3. The highest BCUT2D eigenvalue weighted by atomic mass is 32.2. The van der Waals surface area contributed by atoms with Gasteiger partial charge in [0.05, 0.1) is 17.0 Å². The van der Waals surface area contributed by atoms with Gasteiger partial charge in [-0.2, -0.15) is 4.31 Å². The predicted molar refractivity (Wildman–Crippen MR) is 148 cm³/mol. The lowest BCUT2D eigenvalue weighted by atomic mass is 10.2. The van der Waals surface area contributed by atoms with Gasteiger partial charge in [-0.1, -0.05) is 12.1 Å². The van der Waals surface area contributed by atoms with Crippen LogP contribution in [0, 0.1) is 0 Å². The molecule has 2 aromatic heterocycles. The van der Waals surface area contributed by atoms with Crippen molar-refractivity contribution in [3.8, 4) is 0 Å². The van der Waals surface area contributed by atoms with E-state index in [4.69, 9.17) is 14.4 Å². The number of sulfonamides is 1. The molecule has 0 spiro atoms. The van der Waals surface area contributed by atoms with Crippen LogP contribution in [0.15, 0.2) is 68.7 Å². The fraction of sp³-hybridized carbons (Fsp3) is 0.370. The molecule has 38 heavy (non-hydrogen) atoms. The normalized spacial score (nSPS) is 15.4. The number of fused-ring (bicyclic) bond motifs is 2. The Kier molecular flexibility index (Phi) is 7.70. The van der Waals surface area contributed by atoms with Crippen molar-refractivity contribution in [3.05, 3.63) is 70.8 Å². The van der Waals surface area contributed by atoms with Crippen LogP contribution in [0.3, 0.4) is 0 Å². The van der Waals surface area contributed by atoms with Crippen molar-refractivity contribution in [2.45, 2.75) is 17.9 Å². The third kappa shape index (κ3) is 5.86. The SMILES string of the molecule is CN(C)CCCNc1nc(CN2CCN(S(=O)(=O)c3ccc4oc(=O)ccc4c3)CC2)nc2ccccc12. The third-order valence-corrected chi connectivity index (χ3v) is 8.54. The van der Waals surface area contributed by atoms with E-state index in [0.29, 0.717) is 49.5 Å². The maximum Gasteiger partial charge on any atom is 0.336 e. The van der Waals surface area contributed by atoms with Gasteiger partial charge in [0.15, 0.2) is 0 Å². The average Bonchev–Trinajstić information content (AvgIpc) is 2.91. The lowest BCUT2D eigenvalue weighted by molar-refractivity contribution is 0.178. The van der Waals surface area contributed by atoms with E-state index < -0.39 is 15.6 Å². The number of benzene rings is 2. The molecule has 0 aliphatic carbocycles. The quantitative estimate of drug-likeness (QED) is 0.255. The molecule has 0 unspecified atom stereocenters. The van der Waals surface area contributed by atoms with Crippen LogP contribution in [0.4, 0.5) is 5.82 Å². The van der Waals surface area contributed by atoms with Crippen molar-refractivity contribution in [1.29, 1.82) is 0 Å². The van der Waals surface area contributed by atoms with E-state index >= 15 is 0 Å². The summed E-state index contributed by atoms with van der Waals surface area (Å²) in [5.41, 5.74) is 0.788. The van der Waals surface area contributed by atoms with Crippen molar-refractivity contribution in [2.75, 3.05) is 58.7 Å². The summed E-state index contributed by atoms with van der Waals surface area (Å²) in [7, 11) is 0.450. The molecule has 1 saturated heterocycles. The van der Waals surface area contributed by atoms with Crippen molar-refractivity contribution in [2.24, 2.45) is 0 Å². The number of hydrogen-bond donors (Lipinski definition) is 1. The van der Waals surface area contributed by atoms with E-state index in [2.05, 4.69) is 29.2 Å². The van der Waals surface area contributed by atoms with Crippen LogP contribution in [-0.2, 0) is 16.6 Å². The number of nitrogens with one attached hydrogen (secondary N) is 1. The maximum absolute atomic E-state index is 13.3. The second-order valence-corrected chi connectivity index (χ2v) is 11.7. The molecule has 11 heteroatoms. The highest BCUT2D eigenvalue weighted by molar-refractivity contribution is 7.89. The molecule has 5 rings (SSSR count). The Morgan fingerprint density at radius 2 is 1.79 bits per heavy atom. The first-order valence-electron chi connectivity index (χ1n) is 12.7. The van der Waals surface area contributed by atoms with E-state index in [0.717, 1.165) is 36.2 Å². The summed E-state index contributed by atoms with van der Waals surface area (Å²) in [6.07, 6.45) is 1.00. The van der Waals surface area contributed by atoms with Gasteiger partial charge in [0.25, 0.3) is 0 Å². The Labute approximate surface area is 221 Å². The van der Waals surface area contributed by atoms with Crippen LogP contribution < -0.4 is 10.9 Å². The Morgan fingerprint density at radius 1 is 1.00 bits per heavy atom. The molecule has 0 amide bonds. The number of piperazine rings is 1. The summed E-state index contributed by atoms with van der Waals surface area (Å²) in [5.74, 6) is 1.55. The first-order valence-corrected chi connectivity index (χ1v) is 14.1. The summed E-state index contributed by atoms with van der Waals surface area (Å²) in [4.78, 5) is 25.6. The van der Waals surface area contributed by atoms with Gasteiger partial charge in [0, 0.05) is 49.6 Å². The van der Waals surface area contributed by atoms with Gasteiger partial charge in [-0.15, -0.1) is 0 Å².